The predicted molar refractivity (Wildman–Crippen MR) is 54.7 cm³/mol. The third kappa shape index (κ3) is 1.74. The second kappa shape index (κ2) is 3.57. The molecule has 1 heterocycles. The molecule has 2 rings (SSSR count). The van der Waals surface area contributed by atoms with Crippen LogP contribution in [0.25, 0.3) is 10.9 Å². The number of ether oxygens (including phenoxy) is 1. The van der Waals surface area contributed by atoms with E-state index in [0.29, 0.717) is 10.9 Å². The average molecular weight is 203 g/mol. The van der Waals surface area contributed by atoms with E-state index in [0.717, 1.165) is 5.52 Å². The van der Waals surface area contributed by atoms with Crippen LogP contribution in [0.4, 0.5) is 0 Å². The van der Waals surface area contributed by atoms with Crippen LogP contribution in [0.5, 0.6) is 5.75 Å². The van der Waals surface area contributed by atoms with Crippen LogP contribution in [0.3, 0.4) is 0 Å². The van der Waals surface area contributed by atoms with Crippen molar-refractivity contribution in [3.8, 4) is 5.75 Å². The van der Waals surface area contributed by atoms with Gasteiger partial charge in [-0.1, -0.05) is 0 Å². The van der Waals surface area contributed by atoms with Crippen molar-refractivity contribution >= 4 is 16.9 Å². The van der Waals surface area contributed by atoms with E-state index in [9.17, 15) is 9.90 Å². The number of benzene rings is 1. The van der Waals surface area contributed by atoms with E-state index in [2.05, 4.69) is 9.72 Å². The number of carbonyl (C=O) groups excluding carboxylic acids is 1. The van der Waals surface area contributed by atoms with E-state index in [1.54, 1.807) is 24.3 Å². The second-order valence-corrected chi connectivity index (χ2v) is 3.09. The van der Waals surface area contributed by atoms with Crippen LogP contribution >= 0.6 is 0 Å². The smallest absolute Gasteiger partial charge is 0.337 e. The van der Waals surface area contributed by atoms with E-state index < -0.39 is 5.97 Å². The molecule has 0 saturated carbocycles. The monoisotopic (exact) mass is 203 g/mol. The van der Waals surface area contributed by atoms with Gasteiger partial charge in [0.05, 0.1) is 24.4 Å². The molecule has 0 aliphatic carbocycles. The molecule has 0 bridgehead atoms. The highest BCUT2D eigenvalue weighted by Crippen LogP contribution is 2.18. The number of nitrogens with zero attached hydrogens (tertiary/aromatic N) is 1. The third-order valence-electron chi connectivity index (χ3n) is 2.09. The molecule has 2 aromatic rings. The zero-order valence-electron chi connectivity index (χ0n) is 8.10. The van der Waals surface area contributed by atoms with Gasteiger partial charge in [0.15, 0.2) is 0 Å². The van der Waals surface area contributed by atoms with Gasteiger partial charge in [0.1, 0.15) is 5.75 Å². The van der Waals surface area contributed by atoms with E-state index >= 15 is 0 Å². The second-order valence-electron chi connectivity index (χ2n) is 3.09. The van der Waals surface area contributed by atoms with Crippen molar-refractivity contribution in [3.05, 3.63) is 36.0 Å². The van der Waals surface area contributed by atoms with Crippen molar-refractivity contribution in [2.45, 2.75) is 0 Å². The maximum absolute atomic E-state index is 11.2. The van der Waals surface area contributed by atoms with Crippen LogP contribution in [0.1, 0.15) is 10.4 Å². The minimum atomic E-state index is -0.403. The summed E-state index contributed by atoms with van der Waals surface area (Å²) in [6.45, 7) is 0. The Morgan fingerprint density at radius 2 is 2.20 bits per heavy atom. The summed E-state index contributed by atoms with van der Waals surface area (Å²) in [7, 11) is 1.33. The summed E-state index contributed by atoms with van der Waals surface area (Å²) in [4.78, 5) is 15.2. The quantitative estimate of drug-likeness (QED) is 0.717. The lowest BCUT2D eigenvalue weighted by atomic mass is 10.1. The number of esters is 1. The number of hydrogen-bond donors (Lipinski definition) is 1. The van der Waals surface area contributed by atoms with Crippen LogP contribution in [0.2, 0.25) is 0 Å². The van der Waals surface area contributed by atoms with E-state index in [-0.39, 0.29) is 5.75 Å². The predicted octanol–water partition coefficient (Wildman–Crippen LogP) is 1.73. The van der Waals surface area contributed by atoms with Crippen LogP contribution in [0.15, 0.2) is 30.5 Å². The fraction of sp³-hybridized carbons (Fsp3) is 0.0909. The Morgan fingerprint density at radius 3 is 2.93 bits per heavy atom. The zero-order chi connectivity index (χ0) is 10.8. The summed E-state index contributed by atoms with van der Waals surface area (Å²) in [6.07, 6.45) is 1.36. The van der Waals surface area contributed by atoms with Crippen molar-refractivity contribution in [3.63, 3.8) is 0 Å². The molecule has 1 aromatic heterocycles. The van der Waals surface area contributed by atoms with Crippen molar-refractivity contribution in [1.82, 2.24) is 4.98 Å². The Hall–Kier alpha value is -2.10. The fourth-order valence-corrected chi connectivity index (χ4v) is 1.36. The lowest BCUT2D eigenvalue weighted by molar-refractivity contribution is 0.0601. The zero-order valence-corrected chi connectivity index (χ0v) is 8.10. The lowest BCUT2D eigenvalue weighted by Crippen LogP contribution is -2.00. The van der Waals surface area contributed by atoms with Gasteiger partial charge in [0, 0.05) is 5.39 Å². The van der Waals surface area contributed by atoms with E-state index in [1.807, 2.05) is 0 Å². The minimum absolute atomic E-state index is 0.0736. The fourth-order valence-electron chi connectivity index (χ4n) is 1.36. The third-order valence-corrected chi connectivity index (χ3v) is 2.09. The molecule has 0 unspecified atom stereocenters. The Morgan fingerprint density at radius 1 is 1.40 bits per heavy atom. The Labute approximate surface area is 86.1 Å². The summed E-state index contributed by atoms with van der Waals surface area (Å²) in [5, 5.41) is 9.94. The Balaban J connectivity index is 2.59. The lowest BCUT2D eigenvalue weighted by Gasteiger charge is -2.01. The van der Waals surface area contributed by atoms with Gasteiger partial charge in [0.2, 0.25) is 0 Å². The summed E-state index contributed by atoms with van der Waals surface area (Å²) < 4.78 is 4.59. The van der Waals surface area contributed by atoms with Gasteiger partial charge in [-0.3, -0.25) is 4.98 Å². The molecule has 0 aliphatic rings. The number of methoxy groups -OCH3 is 1. The number of carbonyl (C=O) groups is 1. The highest BCUT2D eigenvalue weighted by atomic mass is 16.5. The molecule has 0 radical (unpaired) electrons. The first-order valence-corrected chi connectivity index (χ1v) is 4.38. The van der Waals surface area contributed by atoms with Gasteiger partial charge in [-0.15, -0.1) is 0 Å². The SMILES string of the molecule is COC(=O)c1ccc2ncc(O)cc2c1. The Bertz CT molecular complexity index is 522. The van der Waals surface area contributed by atoms with Gasteiger partial charge < -0.3 is 9.84 Å². The first kappa shape index (κ1) is 9.45. The number of aromatic hydroxyl groups is 1. The largest absolute Gasteiger partial charge is 0.506 e. The van der Waals surface area contributed by atoms with E-state index in [1.165, 1.54) is 13.3 Å². The van der Waals surface area contributed by atoms with Gasteiger partial charge >= 0.3 is 5.97 Å². The van der Waals surface area contributed by atoms with Crippen LogP contribution in [-0.4, -0.2) is 23.2 Å². The highest BCUT2D eigenvalue weighted by molar-refractivity contribution is 5.94. The summed E-state index contributed by atoms with van der Waals surface area (Å²) in [5.41, 5.74) is 1.16. The normalized spacial score (nSPS) is 10.2. The first-order valence-electron chi connectivity index (χ1n) is 4.38. The average Bonchev–Trinajstić information content (AvgIpc) is 2.27. The molecule has 0 fully saturated rings. The summed E-state index contributed by atoms with van der Waals surface area (Å²) in [5.74, 6) is -0.329. The minimum Gasteiger partial charge on any atom is -0.506 e. The Kier molecular flexibility index (Phi) is 2.25. The molecule has 0 spiro atoms. The van der Waals surface area contributed by atoms with Gasteiger partial charge in [-0.25, -0.2) is 4.79 Å². The van der Waals surface area contributed by atoms with Crippen molar-refractivity contribution in [1.29, 1.82) is 0 Å². The van der Waals surface area contributed by atoms with Gasteiger partial charge in [-0.05, 0) is 24.3 Å². The van der Waals surface area contributed by atoms with Crippen LogP contribution in [-0.2, 0) is 4.74 Å². The van der Waals surface area contributed by atoms with Crippen LogP contribution in [0, 0.1) is 0 Å². The number of hydrogen-bond acceptors (Lipinski definition) is 4. The maximum atomic E-state index is 11.2. The maximum Gasteiger partial charge on any atom is 0.337 e. The van der Waals surface area contributed by atoms with Crippen molar-refractivity contribution in [2.75, 3.05) is 7.11 Å². The molecule has 0 amide bonds. The highest BCUT2D eigenvalue weighted by Gasteiger charge is 2.06. The molecule has 1 aromatic carbocycles. The number of fused-ring (bicyclic) bond motifs is 1. The standard InChI is InChI=1S/C11H9NO3/c1-15-11(14)7-2-3-10-8(4-7)5-9(13)6-12-10/h2-6,13H,1H3. The summed E-state index contributed by atoms with van der Waals surface area (Å²) >= 11 is 0. The van der Waals surface area contributed by atoms with Gasteiger partial charge in [0.25, 0.3) is 0 Å². The summed E-state index contributed by atoms with van der Waals surface area (Å²) in [6, 6.07) is 6.53. The first-order chi connectivity index (χ1) is 7.20. The molecular weight excluding hydrogens is 194 g/mol. The molecular formula is C11H9NO3. The van der Waals surface area contributed by atoms with E-state index in [4.69, 9.17) is 0 Å². The molecule has 1 N–H and O–H groups in total. The van der Waals surface area contributed by atoms with Gasteiger partial charge in [-0.2, -0.15) is 0 Å². The van der Waals surface area contributed by atoms with Crippen molar-refractivity contribution in [2.24, 2.45) is 0 Å². The molecule has 15 heavy (non-hydrogen) atoms. The molecule has 0 aliphatic heterocycles. The molecule has 0 atom stereocenters. The van der Waals surface area contributed by atoms with Crippen molar-refractivity contribution < 1.29 is 14.6 Å². The van der Waals surface area contributed by atoms with Crippen LogP contribution < -0.4 is 0 Å². The number of rotatable bonds is 1. The molecule has 4 nitrogen and oxygen atoms in total. The number of aromatic nitrogens is 1. The topological polar surface area (TPSA) is 59.4 Å². The molecule has 0 saturated heterocycles. The number of pyridine rings is 1. The molecule has 76 valence electrons. The molecule has 4 heteroatoms.